The van der Waals surface area contributed by atoms with Crippen LogP contribution in [0.15, 0.2) is 41.7 Å². The molecule has 0 spiro atoms. The maximum absolute atomic E-state index is 10.6. The van der Waals surface area contributed by atoms with Gasteiger partial charge >= 0.3 is 5.69 Å². The van der Waals surface area contributed by atoms with E-state index in [1.807, 2.05) is 29.2 Å². The standard InChI is InChI=1S/C16H20ClN7O2/c17-13-1-3-14(4-2-13)21-7-9-22(10-8-21)16(18)19-5-6-23-12-15(11-20-23)24(25)26/h1-4,11-12H,5-10H2,(H2,18,19). The molecule has 0 aliphatic carbocycles. The van der Waals surface area contributed by atoms with Gasteiger partial charge < -0.3 is 15.5 Å². The van der Waals surface area contributed by atoms with E-state index in [0.29, 0.717) is 19.0 Å². The van der Waals surface area contributed by atoms with E-state index in [1.165, 1.54) is 17.1 Å². The number of aliphatic imine (C=N–C) groups is 1. The predicted molar refractivity (Wildman–Crippen MR) is 101 cm³/mol. The molecule has 0 bridgehead atoms. The largest absolute Gasteiger partial charge is 0.370 e. The van der Waals surface area contributed by atoms with Crippen molar-refractivity contribution in [1.29, 1.82) is 0 Å². The van der Waals surface area contributed by atoms with E-state index in [9.17, 15) is 10.1 Å². The van der Waals surface area contributed by atoms with Crippen molar-refractivity contribution in [2.45, 2.75) is 6.54 Å². The number of halogens is 1. The fourth-order valence-electron chi connectivity index (χ4n) is 2.78. The zero-order valence-electron chi connectivity index (χ0n) is 14.2. The Morgan fingerprint density at radius 1 is 1.27 bits per heavy atom. The summed E-state index contributed by atoms with van der Waals surface area (Å²) in [5.74, 6) is 0.488. The maximum Gasteiger partial charge on any atom is 0.306 e. The highest BCUT2D eigenvalue weighted by Crippen LogP contribution is 2.19. The summed E-state index contributed by atoms with van der Waals surface area (Å²) in [5.41, 5.74) is 7.19. The predicted octanol–water partition coefficient (Wildman–Crippen LogP) is 1.58. The molecule has 26 heavy (non-hydrogen) atoms. The fraction of sp³-hybridized carbons (Fsp3) is 0.375. The molecule has 0 radical (unpaired) electrons. The van der Waals surface area contributed by atoms with Crippen LogP contribution < -0.4 is 10.6 Å². The number of anilines is 1. The summed E-state index contributed by atoms with van der Waals surface area (Å²) >= 11 is 5.93. The minimum Gasteiger partial charge on any atom is -0.370 e. The summed E-state index contributed by atoms with van der Waals surface area (Å²) in [5, 5.41) is 15.3. The molecule has 138 valence electrons. The van der Waals surface area contributed by atoms with Crippen molar-refractivity contribution in [2.75, 3.05) is 37.6 Å². The van der Waals surface area contributed by atoms with Gasteiger partial charge in [0, 0.05) is 36.9 Å². The monoisotopic (exact) mass is 377 g/mol. The minimum atomic E-state index is -0.471. The summed E-state index contributed by atoms with van der Waals surface area (Å²) in [6.07, 6.45) is 2.61. The van der Waals surface area contributed by atoms with Gasteiger partial charge in [-0.05, 0) is 24.3 Å². The Balaban J connectivity index is 1.48. The molecule has 0 saturated carbocycles. The lowest BCUT2D eigenvalue weighted by atomic mass is 10.2. The second-order valence-corrected chi connectivity index (χ2v) is 6.35. The third-order valence-electron chi connectivity index (χ3n) is 4.23. The Labute approximate surface area is 155 Å². The van der Waals surface area contributed by atoms with Gasteiger partial charge in [0.05, 0.1) is 18.0 Å². The number of benzene rings is 1. The molecule has 10 heteroatoms. The Morgan fingerprint density at radius 2 is 1.96 bits per heavy atom. The van der Waals surface area contributed by atoms with Gasteiger partial charge in [-0.1, -0.05) is 11.6 Å². The van der Waals surface area contributed by atoms with Gasteiger partial charge in [0.2, 0.25) is 0 Å². The van der Waals surface area contributed by atoms with Crippen molar-refractivity contribution in [2.24, 2.45) is 10.7 Å². The van der Waals surface area contributed by atoms with Gasteiger partial charge in [0.25, 0.3) is 0 Å². The smallest absolute Gasteiger partial charge is 0.306 e. The molecule has 2 heterocycles. The molecular weight excluding hydrogens is 358 g/mol. The fourth-order valence-corrected chi connectivity index (χ4v) is 2.91. The topological polar surface area (TPSA) is 106 Å². The van der Waals surface area contributed by atoms with Crippen molar-refractivity contribution in [3.8, 4) is 0 Å². The van der Waals surface area contributed by atoms with Gasteiger partial charge in [-0.3, -0.25) is 19.8 Å². The average molecular weight is 378 g/mol. The third-order valence-corrected chi connectivity index (χ3v) is 4.48. The maximum atomic E-state index is 10.6. The lowest BCUT2D eigenvalue weighted by Crippen LogP contribution is -2.51. The zero-order chi connectivity index (χ0) is 18.5. The quantitative estimate of drug-likeness (QED) is 0.367. The van der Waals surface area contributed by atoms with Gasteiger partial charge in [0.15, 0.2) is 5.96 Å². The van der Waals surface area contributed by atoms with E-state index in [1.54, 1.807) is 0 Å². The van der Waals surface area contributed by atoms with Crippen LogP contribution in [0.25, 0.3) is 0 Å². The minimum absolute atomic E-state index is 0.0275. The molecule has 3 rings (SSSR count). The second-order valence-electron chi connectivity index (χ2n) is 5.91. The Hall–Kier alpha value is -2.81. The molecule has 1 fully saturated rings. The van der Waals surface area contributed by atoms with E-state index >= 15 is 0 Å². The Kier molecular flexibility index (Phi) is 5.57. The van der Waals surface area contributed by atoms with E-state index in [4.69, 9.17) is 17.3 Å². The summed E-state index contributed by atoms with van der Waals surface area (Å²) in [4.78, 5) is 18.8. The number of nitro groups is 1. The summed E-state index contributed by atoms with van der Waals surface area (Å²) in [6.45, 7) is 4.13. The van der Waals surface area contributed by atoms with Crippen LogP contribution in [0.4, 0.5) is 11.4 Å². The van der Waals surface area contributed by atoms with Crippen LogP contribution in [0.2, 0.25) is 5.02 Å². The van der Waals surface area contributed by atoms with Crippen molar-refractivity contribution < 1.29 is 4.92 Å². The highest BCUT2D eigenvalue weighted by atomic mass is 35.5. The number of hydrogen-bond acceptors (Lipinski definition) is 5. The average Bonchev–Trinajstić information content (AvgIpc) is 3.12. The molecule has 0 unspecified atom stereocenters. The van der Waals surface area contributed by atoms with Crippen LogP contribution in [-0.2, 0) is 6.54 Å². The molecule has 1 aromatic heterocycles. The lowest BCUT2D eigenvalue weighted by molar-refractivity contribution is -0.385. The molecule has 1 aliphatic heterocycles. The molecule has 2 N–H and O–H groups in total. The molecule has 0 atom stereocenters. The number of guanidine groups is 1. The van der Waals surface area contributed by atoms with E-state index in [0.717, 1.165) is 36.9 Å². The number of piperazine rings is 1. The summed E-state index contributed by atoms with van der Waals surface area (Å²) < 4.78 is 1.49. The summed E-state index contributed by atoms with van der Waals surface area (Å²) in [7, 11) is 0. The number of aromatic nitrogens is 2. The number of hydrogen-bond donors (Lipinski definition) is 1. The van der Waals surface area contributed by atoms with Crippen LogP contribution in [-0.4, -0.2) is 58.3 Å². The highest BCUT2D eigenvalue weighted by Gasteiger charge is 2.18. The van der Waals surface area contributed by atoms with Crippen LogP contribution in [0, 0.1) is 10.1 Å². The molecule has 1 aliphatic rings. The van der Waals surface area contributed by atoms with Crippen LogP contribution in [0.1, 0.15) is 0 Å². The second kappa shape index (κ2) is 8.05. The van der Waals surface area contributed by atoms with Crippen molar-refractivity contribution in [1.82, 2.24) is 14.7 Å². The molecule has 1 aromatic carbocycles. The van der Waals surface area contributed by atoms with Crippen LogP contribution in [0.3, 0.4) is 0 Å². The van der Waals surface area contributed by atoms with E-state index < -0.39 is 4.92 Å². The van der Waals surface area contributed by atoms with Crippen LogP contribution >= 0.6 is 11.6 Å². The lowest BCUT2D eigenvalue weighted by Gasteiger charge is -2.36. The summed E-state index contributed by atoms with van der Waals surface area (Å²) in [6, 6.07) is 7.80. The normalized spacial score (nSPS) is 15.3. The SMILES string of the molecule is NC(=NCCn1cc([N+](=O)[O-])cn1)N1CCN(c2ccc(Cl)cc2)CC1. The van der Waals surface area contributed by atoms with Crippen LogP contribution in [0.5, 0.6) is 0 Å². The molecule has 1 saturated heterocycles. The number of nitrogens with two attached hydrogens (primary N) is 1. The van der Waals surface area contributed by atoms with Gasteiger partial charge in [-0.15, -0.1) is 0 Å². The first-order valence-corrected chi connectivity index (χ1v) is 8.63. The van der Waals surface area contributed by atoms with Gasteiger partial charge in [-0.2, -0.15) is 5.10 Å². The highest BCUT2D eigenvalue weighted by molar-refractivity contribution is 6.30. The first kappa shape index (κ1) is 18.0. The third kappa shape index (κ3) is 4.42. The molecule has 2 aromatic rings. The van der Waals surface area contributed by atoms with E-state index in [-0.39, 0.29) is 5.69 Å². The number of rotatable bonds is 5. The first-order chi connectivity index (χ1) is 12.5. The molecule has 0 amide bonds. The Bertz CT molecular complexity index is 782. The number of nitrogens with zero attached hydrogens (tertiary/aromatic N) is 6. The Morgan fingerprint density at radius 3 is 2.58 bits per heavy atom. The first-order valence-electron chi connectivity index (χ1n) is 8.25. The zero-order valence-corrected chi connectivity index (χ0v) is 14.9. The van der Waals surface area contributed by atoms with Gasteiger partial charge in [-0.25, -0.2) is 0 Å². The van der Waals surface area contributed by atoms with Crippen molar-refractivity contribution in [3.05, 3.63) is 51.8 Å². The van der Waals surface area contributed by atoms with Crippen molar-refractivity contribution >= 4 is 28.9 Å². The van der Waals surface area contributed by atoms with E-state index in [2.05, 4.69) is 15.0 Å². The molecule has 9 nitrogen and oxygen atoms in total. The van der Waals surface area contributed by atoms with Gasteiger partial charge in [0.1, 0.15) is 12.4 Å². The molecular formula is C16H20ClN7O2. The van der Waals surface area contributed by atoms with Crippen molar-refractivity contribution in [3.63, 3.8) is 0 Å².